The standard InChI is InChI=1S/C12H24N2O2/c1-4-14(5-2)12(16)9-13-7-6-11(8-13)10(3)15/h10-11,15H,4-9H2,1-3H3. The van der Waals surface area contributed by atoms with Gasteiger partial charge in [0.15, 0.2) is 0 Å². The minimum Gasteiger partial charge on any atom is -0.393 e. The van der Waals surface area contributed by atoms with Crippen LogP contribution in [0, 0.1) is 5.92 Å². The number of likely N-dealkylation sites (N-methyl/N-ethyl adjacent to an activating group) is 1. The zero-order valence-electron chi connectivity index (χ0n) is 10.6. The molecule has 1 fully saturated rings. The molecule has 0 spiro atoms. The van der Waals surface area contributed by atoms with Gasteiger partial charge in [-0.1, -0.05) is 0 Å². The van der Waals surface area contributed by atoms with E-state index in [1.165, 1.54) is 0 Å². The fraction of sp³-hybridized carbons (Fsp3) is 0.917. The Balaban J connectivity index is 2.36. The fourth-order valence-electron chi connectivity index (χ4n) is 2.27. The van der Waals surface area contributed by atoms with Crippen molar-refractivity contribution in [3.63, 3.8) is 0 Å². The highest BCUT2D eigenvalue weighted by Crippen LogP contribution is 2.19. The van der Waals surface area contributed by atoms with Gasteiger partial charge in [-0.05, 0) is 39.7 Å². The molecule has 16 heavy (non-hydrogen) atoms. The minimum absolute atomic E-state index is 0.205. The molecule has 2 unspecified atom stereocenters. The molecule has 4 heteroatoms. The number of aliphatic hydroxyl groups is 1. The first kappa shape index (κ1) is 13.5. The van der Waals surface area contributed by atoms with Gasteiger partial charge >= 0.3 is 0 Å². The molecule has 0 saturated carbocycles. The maximum Gasteiger partial charge on any atom is 0.236 e. The van der Waals surface area contributed by atoms with Gasteiger partial charge in [-0.25, -0.2) is 0 Å². The van der Waals surface area contributed by atoms with Crippen LogP contribution in [0.5, 0.6) is 0 Å². The topological polar surface area (TPSA) is 43.8 Å². The number of amides is 1. The quantitative estimate of drug-likeness (QED) is 0.747. The lowest BCUT2D eigenvalue weighted by Gasteiger charge is -2.23. The number of carbonyl (C=O) groups excluding carboxylic acids is 1. The van der Waals surface area contributed by atoms with E-state index >= 15 is 0 Å². The highest BCUT2D eigenvalue weighted by Gasteiger charge is 2.27. The maximum atomic E-state index is 11.9. The molecule has 0 bridgehead atoms. The second-order valence-electron chi connectivity index (χ2n) is 4.59. The van der Waals surface area contributed by atoms with Crippen LogP contribution in [0.3, 0.4) is 0 Å². The average Bonchev–Trinajstić information content (AvgIpc) is 2.68. The van der Waals surface area contributed by atoms with Crippen molar-refractivity contribution < 1.29 is 9.90 Å². The summed E-state index contributed by atoms with van der Waals surface area (Å²) < 4.78 is 0. The lowest BCUT2D eigenvalue weighted by molar-refractivity contribution is -0.131. The number of carbonyl (C=O) groups is 1. The van der Waals surface area contributed by atoms with E-state index in [2.05, 4.69) is 4.90 Å². The Labute approximate surface area is 98.2 Å². The van der Waals surface area contributed by atoms with Crippen LogP contribution < -0.4 is 0 Å². The van der Waals surface area contributed by atoms with Crippen molar-refractivity contribution in [3.05, 3.63) is 0 Å². The van der Waals surface area contributed by atoms with Crippen molar-refractivity contribution in [1.82, 2.24) is 9.80 Å². The van der Waals surface area contributed by atoms with Crippen molar-refractivity contribution in [1.29, 1.82) is 0 Å². The van der Waals surface area contributed by atoms with Gasteiger partial charge in [0.1, 0.15) is 0 Å². The van der Waals surface area contributed by atoms with E-state index in [0.29, 0.717) is 12.5 Å². The molecule has 0 aromatic heterocycles. The molecular weight excluding hydrogens is 204 g/mol. The third kappa shape index (κ3) is 3.46. The molecule has 94 valence electrons. The summed E-state index contributed by atoms with van der Waals surface area (Å²) in [6.07, 6.45) is 0.747. The van der Waals surface area contributed by atoms with Crippen LogP contribution in [0.25, 0.3) is 0 Å². The summed E-state index contributed by atoms with van der Waals surface area (Å²) in [6.45, 7) is 9.69. The van der Waals surface area contributed by atoms with Crippen LogP contribution in [-0.4, -0.2) is 59.6 Å². The Bertz CT molecular complexity index is 227. The molecule has 0 radical (unpaired) electrons. The lowest BCUT2D eigenvalue weighted by atomic mass is 10.0. The van der Waals surface area contributed by atoms with E-state index in [1.54, 1.807) is 0 Å². The molecule has 2 atom stereocenters. The number of hydrogen-bond acceptors (Lipinski definition) is 3. The minimum atomic E-state index is -0.256. The summed E-state index contributed by atoms with van der Waals surface area (Å²) in [5.74, 6) is 0.542. The van der Waals surface area contributed by atoms with Crippen molar-refractivity contribution in [2.45, 2.75) is 33.3 Å². The zero-order valence-corrected chi connectivity index (χ0v) is 10.6. The molecule has 0 aromatic carbocycles. The Morgan fingerprint density at radius 2 is 2.12 bits per heavy atom. The average molecular weight is 228 g/mol. The molecule has 1 heterocycles. The summed E-state index contributed by atoms with van der Waals surface area (Å²) in [7, 11) is 0. The lowest BCUT2D eigenvalue weighted by Crippen LogP contribution is -2.39. The van der Waals surface area contributed by atoms with Gasteiger partial charge in [0.2, 0.25) is 5.91 Å². The molecular formula is C12H24N2O2. The van der Waals surface area contributed by atoms with Gasteiger partial charge in [0, 0.05) is 19.6 Å². The highest BCUT2D eigenvalue weighted by molar-refractivity contribution is 5.78. The predicted octanol–water partition coefficient (Wildman–Crippen LogP) is 0.557. The zero-order chi connectivity index (χ0) is 12.1. The number of rotatable bonds is 5. The van der Waals surface area contributed by atoms with Gasteiger partial charge in [-0.3, -0.25) is 9.69 Å². The van der Waals surface area contributed by atoms with Gasteiger partial charge in [0.25, 0.3) is 0 Å². The molecule has 1 aliphatic rings. The van der Waals surface area contributed by atoms with E-state index in [4.69, 9.17) is 0 Å². The first-order valence-corrected chi connectivity index (χ1v) is 6.26. The van der Waals surface area contributed by atoms with Crippen LogP contribution in [0.2, 0.25) is 0 Å². The SMILES string of the molecule is CCN(CC)C(=O)CN1CCC(C(C)O)C1. The summed E-state index contributed by atoms with van der Waals surface area (Å²) >= 11 is 0. The van der Waals surface area contributed by atoms with E-state index in [-0.39, 0.29) is 12.0 Å². The van der Waals surface area contributed by atoms with E-state index < -0.39 is 0 Å². The van der Waals surface area contributed by atoms with E-state index in [9.17, 15) is 9.90 Å². The Hall–Kier alpha value is -0.610. The Morgan fingerprint density at radius 3 is 2.56 bits per heavy atom. The Morgan fingerprint density at radius 1 is 1.50 bits per heavy atom. The summed E-state index contributed by atoms with van der Waals surface area (Å²) in [4.78, 5) is 15.9. The van der Waals surface area contributed by atoms with E-state index in [0.717, 1.165) is 32.6 Å². The molecule has 1 saturated heterocycles. The second kappa shape index (κ2) is 6.21. The molecule has 1 rings (SSSR count). The molecule has 0 aromatic rings. The normalized spacial score (nSPS) is 23.4. The van der Waals surface area contributed by atoms with Crippen molar-refractivity contribution in [2.75, 3.05) is 32.7 Å². The first-order valence-electron chi connectivity index (χ1n) is 6.26. The summed E-state index contributed by atoms with van der Waals surface area (Å²) in [5.41, 5.74) is 0. The van der Waals surface area contributed by atoms with Crippen LogP contribution in [-0.2, 0) is 4.79 Å². The predicted molar refractivity (Wildman–Crippen MR) is 64.2 cm³/mol. The van der Waals surface area contributed by atoms with Gasteiger partial charge < -0.3 is 10.0 Å². The molecule has 4 nitrogen and oxygen atoms in total. The summed E-state index contributed by atoms with van der Waals surface area (Å²) in [6, 6.07) is 0. The third-order valence-corrected chi connectivity index (χ3v) is 3.47. The largest absolute Gasteiger partial charge is 0.393 e. The maximum absolute atomic E-state index is 11.9. The van der Waals surface area contributed by atoms with Crippen molar-refractivity contribution in [2.24, 2.45) is 5.92 Å². The van der Waals surface area contributed by atoms with Crippen LogP contribution in [0.4, 0.5) is 0 Å². The molecule has 0 aliphatic carbocycles. The van der Waals surface area contributed by atoms with Gasteiger partial charge in [-0.15, -0.1) is 0 Å². The molecule has 1 N–H and O–H groups in total. The van der Waals surface area contributed by atoms with Crippen LogP contribution in [0.15, 0.2) is 0 Å². The second-order valence-corrected chi connectivity index (χ2v) is 4.59. The summed E-state index contributed by atoms with van der Waals surface area (Å²) in [5, 5.41) is 9.48. The van der Waals surface area contributed by atoms with Crippen LogP contribution >= 0.6 is 0 Å². The third-order valence-electron chi connectivity index (χ3n) is 3.47. The first-order chi connectivity index (χ1) is 7.58. The number of aliphatic hydroxyl groups excluding tert-OH is 1. The Kier molecular flexibility index (Phi) is 5.22. The number of hydrogen-bond donors (Lipinski definition) is 1. The smallest absolute Gasteiger partial charge is 0.236 e. The van der Waals surface area contributed by atoms with Gasteiger partial charge in [-0.2, -0.15) is 0 Å². The molecule has 1 aliphatic heterocycles. The monoisotopic (exact) mass is 228 g/mol. The number of nitrogens with zero attached hydrogens (tertiary/aromatic N) is 2. The highest BCUT2D eigenvalue weighted by atomic mass is 16.3. The number of likely N-dealkylation sites (tertiary alicyclic amines) is 1. The van der Waals surface area contributed by atoms with Crippen LogP contribution in [0.1, 0.15) is 27.2 Å². The van der Waals surface area contributed by atoms with Crippen molar-refractivity contribution in [3.8, 4) is 0 Å². The van der Waals surface area contributed by atoms with Crippen molar-refractivity contribution >= 4 is 5.91 Å². The van der Waals surface area contributed by atoms with Gasteiger partial charge in [0.05, 0.1) is 12.6 Å². The van der Waals surface area contributed by atoms with E-state index in [1.807, 2.05) is 25.7 Å². The fourth-order valence-corrected chi connectivity index (χ4v) is 2.27. The molecule has 1 amide bonds.